The van der Waals surface area contributed by atoms with Crippen LogP contribution in [0.25, 0.3) is 4.98 Å². The number of alkyl halides is 3. The smallest absolute Gasteiger partial charge is 0.416 e. The number of unbranched alkanes of at least 4 members (excludes halogenated alkanes) is 7. The maximum absolute atomic E-state index is 12.6. The largest absolute Gasteiger partial charge is 0.494 e. The molecule has 3 aromatic rings. The molecule has 0 heterocycles. The summed E-state index contributed by atoms with van der Waals surface area (Å²) < 4.78 is 49.3. The van der Waals surface area contributed by atoms with Gasteiger partial charge >= 0.3 is 11.9 Å². The lowest BCUT2D eigenvalue weighted by atomic mass is 10.1. The second-order valence-corrected chi connectivity index (χ2v) is 8.86. The highest BCUT2D eigenvalue weighted by Crippen LogP contribution is 2.31. The Bertz CT molecular complexity index is 1160. The molecule has 3 rings (SSSR count). The van der Waals surface area contributed by atoms with Gasteiger partial charge in [0.1, 0.15) is 11.5 Å². The van der Waals surface area contributed by atoms with Gasteiger partial charge in [0.05, 0.1) is 30.2 Å². The van der Waals surface area contributed by atoms with Crippen molar-refractivity contribution in [2.45, 2.75) is 57.5 Å². The Morgan fingerprint density at radius 2 is 0.974 bits per heavy atom. The van der Waals surface area contributed by atoms with Crippen LogP contribution < -0.4 is 9.47 Å². The summed E-state index contributed by atoms with van der Waals surface area (Å²) in [6.07, 6.45) is 4.74. The highest BCUT2D eigenvalue weighted by molar-refractivity contribution is 5.46. The molecule has 0 atom stereocenters. The molecule has 0 aliphatic heterocycles. The van der Waals surface area contributed by atoms with E-state index in [1.165, 1.54) is 37.8 Å². The summed E-state index contributed by atoms with van der Waals surface area (Å²) >= 11 is 0. The van der Waals surface area contributed by atoms with Crippen molar-refractivity contribution in [1.29, 1.82) is 5.39 Å². The van der Waals surface area contributed by atoms with Gasteiger partial charge in [-0.1, -0.05) is 38.5 Å². The average Bonchev–Trinajstić information content (AvgIpc) is 2.93. The maximum Gasteiger partial charge on any atom is 0.416 e. The Morgan fingerprint density at radius 1 is 0.579 bits per heavy atom. The van der Waals surface area contributed by atoms with E-state index in [4.69, 9.17) is 14.9 Å². The molecule has 0 N–H and O–H groups in total. The molecule has 9 heteroatoms. The molecule has 3 aromatic carbocycles. The molecule has 0 spiro atoms. The van der Waals surface area contributed by atoms with E-state index in [2.05, 4.69) is 15.2 Å². The summed E-state index contributed by atoms with van der Waals surface area (Å²) in [5.41, 5.74) is 0.750. The average molecular weight is 526 g/mol. The van der Waals surface area contributed by atoms with Crippen molar-refractivity contribution >= 4 is 17.1 Å². The molecule has 0 fully saturated rings. The van der Waals surface area contributed by atoms with Crippen molar-refractivity contribution in [2.75, 3.05) is 13.2 Å². The van der Waals surface area contributed by atoms with Crippen molar-refractivity contribution in [3.05, 3.63) is 83.3 Å². The van der Waals surface area contributed by atoms with Crippen LogP contribution in [0.5, 0.6) is 11.5 Å². The topological polar surface area (TPSA) is 71.3 Å². The number of ether oxygens (including phenoxy) is 2. The Balaban J connectivity index is 1.18. The third-order valence-corrected chi connectivity index (χ3v) is 5.84. The number of halogens is 3. The first-order valence-corrected chi connectivity index (χ1v) is 12.8. The molecular weight excluding hydrogens is 493 g/mol. The van der Waals surface area contributed by atoms with E-state index < -0.39 is 11.7 Å². The third kappa shape index (κ3) is 10.6. The van der Waals surface area contributed by atoms with E-state index in [0.29, 0.717) is 30.3 Å². The SMILES string of the molecule is N#[N+]c1ccc(OCCCCCCCCCCOc2ccc(N=Nc3ccc(C(F)(F)F)cc3)cc2)cc1. The first-order chi connectivity index (χ1) is 18.4. The van der Waals surface area contributed by atoms with Crippen LogP contribution in [0.3, 0.4) is 0 Å². The fraction of sp³-hybridized carbons (Fsp3) is 0.379. The molecule has 0 bridgehead atoms. The number of benzene rings is 3. The molecule has 200 valence electrons. The molecule has 0 saturated heterocycles. The number of rotatable bonds is 15. The fourth-order valence-corrected chi connectivity index (χ4v) is 3.70. The lowest BCUT2D eigenvalue weighted by Gasteiger charge is -2.07. The Morgan fingerprint density at radius 3 is 1.39 bits per heavy atom. The molecule has 0 aliphatic rings. The summed E-state index contributed by atoms with van der Waals surface area (Å²) in [7, 11) is 0. The summed E-state index contributed by atoms with van der Waals surface area (Å²) in [4.78, 5) is 3.12. The number of diazo groups is 1. The van der Waals surface area contributed by atoms with Crippen molar-refractivity contribution in [3.8, 4) is 11.5 Å². The van der Waals surface area contributed by atoms with Crippen LogP contribution in [0.2, 0.25) is 0 Å². The lowest BCUT2D eigenvalue weighted by Crippen LogP contribution is -2.03. The zero-order valence-corrected chi connectivity index (χ0v) is 21.2. The van der Waals surface area contributed by atoms with Gasteiger partial charge in [0.2, 0.25) is 5.39 Å². The molecule has 0 amide bonds. The minimum Gasteiger partial charge on any atom is -0.494 e. The van der Waals surface area contributed by atoms with E-state index in [9.17, 15) is 13.2 Å². The zero-order chi connectivity index (χ0) is 27.1. The standard InChI is InChI=1S/C29H32F3N4O2/c30-29(31,32)23-9-11-25(12-10-23)35-36-26-15-19-28(20-16-26)38-22-8-6-4-2-1-3-5-7-21-37-27-17-13-24(34-33)14-18-27/h9-20H,1-8,21-22H2/q+1. The van der Waals surface area contributed by atoms with Crippen LogP contribution in [0, 0.1) is 5.39 Å². The molecule has 0 saturated carbocycles. The molecule has 0 radical (unpaired) electrons. The fourth-order valence-electron chi connectivity index (χ4n) is 3.70. The quantitative estimate of drug-likeness (QED) is 0.113. The molecule has 6 nitrogen and oxygen atoms in total. The predicted molar refractivity (Wildman–Crippen MR) is 141 cm³/mol. The Hall–Kier alpha value is -3.93. The molecule has 38 heavy (non-hydrogen) atoms. The van der Waals surface area contributed by atoms with Crippen molar-refractivity contribution in [1.82, 2.24) is 0 Å². The predicted octanol–water partition coefficient (Wildman–Crippen LogP) is 10.2. The zero-order valence-electron chi connectivity index (χ0n) is 21.2. The third-order valence-electron chi connectivity index (χ3n) is 5.84. The van der Waals surface area contributed by atoms with Crippen LogP contribution >= 0.6 is 0 Å². The number of hydrogen-bond donors (Lipinski definition) is 0. The van der Waals surface area contributed by atoms with Gasteiger partial charge in [-0.2, -0.15) is 23.4 Å². The van der Waals surface area contributed by atoms with Crippen LogP contribution in [0.1, 0.15) is 56.9 Å². The molecular formula is C29H32F3N4O2+. The normalized spacial score (nSPS) is 11.4. The minimum atomic E-state index is -4.36. The highest BCUT2D eigenvalue weighted by atomic mass is 19.4. The van der Waals surface area contributed by atoms with E-state index in [1.807, 2.05) is 12.1 Å². The van der Waals surface area contributed by atoms with Crippen LogP contribution in [0.4, 0.5) is 30.2 Å². The molecule has 0 aromatic heterocycles. The van der Waals surface area contributed by atoms with Gasteiger partial charge < -0.3 is 9.47 Å². The van der Waals surface area contributed by atoms with Crippen LogP contribution in [-0.2, 0) is 6.18 Å². The summed E-state index contributed by atoms with van der Waals surface area (Å²) in [5.74, 6) is 1.54. The van der Waals surface area contributed by atoms with Crippen molar-refractivity contribution < 1.29 is 22.6 Å². The van der Waals surface area contributed by atoms with Crippen molar-refractivity contribution in [2.24, 2.45) is 10.2 Å². The minimum absolute atomic E-state index is 0.353. The van der Waals surface area contributed by atoms with E-state index in [0.717, 1.165) is 49.3 Å². The van der Waals surface area contributed by atoms with Gasteiger partial charge in [-0.25, -0.2) is 0 Å². The summed E-state index contributed by atoms with van der Waals surface area (Å²) in [6.45, 7) is 1.34. The van der Waals surface area contributed by atoms with E-state index in [-0.39, 0.29) is 0 Å². The van der Waals surface area contributed by atoms with Crippen molar-refractivity contribution in [3.63, 3.8) is 0 Å². The van der Waals surface area contributed by atoms with Gasteiger partial charge in [-0.05, 0) is 73.5 Å². The summed E-state index contributed by atoms with van der Waals surface area (Å²) in [5, 5.41) is 16.7. The molecule has 0 aliphatic carbocycles. The highest BCUT2D eigenvalue weighted by Gasteiger charge is 2.29. The van der Waals surface area contributed by atoms with Gasteiger partial charge in [0.15, 0.2) is 4.98 Å². The number of hydrogen-bond acceptors (Lipinski definition) is 5. The lowest BCUT2D eigenvalue weighted by molar-refractivity contribution is -0.137. The van der Waals surface area contributed by atoms with Crippen LogP contribution in [-0.4, -0.2) is 13.2 Å². The van der Waals surface area contributed by atoms with Gasteiger partial charge in [-0.3, -0.25) is 0 Å². The van der Waals surface area contributed by atoms with Gasteiger partial charge in [0.25, 0.3) is 0 Å². The van der Waals surface area contributed by atoms with Gasteiger partial charge in [-0.15, -0.1) is 0 Å². The first kappa shape index (κ1) is 28.6. The molecule has 0 unspecified atom stereocenters. The Kier molecular flexibility index (Phi) is 11.6. The van der Waals surface area contributed by atoms with Crippen LogP contribution in [0.15, 0.2) is 83.0 Å². The van der Waals surface area contributed by atoms with Gasteiger partial charge in [0, 0.05) is 12.1 Å². The second kappa shape index (κ2) is 15.4. The number of azo groups is 1. The second-order valence-electron chi connectivity index (χ2n) is 8.86. The maximum atomic E-state index is 12.6. The first-order valence-electron chi connectivity index (χ1n) is 12.8. The monoisotopic (exact) mass is 525 g/mol. The van der Waals surface area contributed by atoms with E-state index >= 15 is 0 Å². The Labute approximate surface area is 221 Å². The summed E-state index contributed by atoms with van der Waals surface area (Å²) in [6, 6.07) is 18.7. The van der Waals surface area contributed by atoms with E-state index in [1.54, 1.807) is 36.4 Å². The number of nitrogens with zero attached hydrogens (tertiary/aromatic N) is 4.